The van der Waals surface area contributed by atoms with Gasteiger partial charge in [-0.25, -0.2) is 0 Å². The van der Waals surface area contributed by atoms with Crippen molar-refractivity contribution < 1.29 is 4.79 Å². The minimum absolute atomic E-state index is 0.0725. The number of benzene rings is 1. The molecule has 1 aromatic rings. The van der Waals surface area contributed by atoms with Gasteiger partial charge in [-0.2, -0.15) is 0 Å². The SMILES string of the molecule is Cc1cccc(CN2CCCC3(CCN(CC4CC4)C3)C2=O)c1. The van der Waals surface area contributed by atoms with Gasteiger partial charge < -0.3 is 9.80 Å². The molecule has 0 N–H and O–H groups in total. The molecule has 1 aliphatic carbocycles. The van der Waals surface area contributed by atoms with Gasteiger partial charge in [0.1, 0.15) is 0 Å². The van der Waals surface area contributed by atoms with Crippen LogP contribution in [0.4, 0.5) is 0 Å². The predicted molar refractivity (Wildman–Crippen MR) is 92.0 cm³/mol. The number of amides is 1. The standard InChI is InChI=1S/C20H28N2O/c1-16-4-2-5-18(12-16)14-22-10-3-8-20(19(22)23)9-11-21(15-20)13-17-6-7-17/h2,4-5,12,17H,3,6-11,13-15H2,1H3. The third kappa shape index (κ3) is 3.16. The summed E-state index contributed by atoms with van der Waals surface area (Å²) in [5, 5.41) is 0. The second-order valence-electron chi connectivity index (χ2n) is 8.03. The molecule has 2 saturated heterocycles. The molecule has 2 heterocycles. The number of likely N-dealkylation sites (tertiary alicyclic amines) is 2. The number of nitrogens with zero attached hydrogens (tertiary/aromatic N) is 2. The summed E-state index contributed by atoms with van der Waals surface area (Å²) in [6.07, 6.45) is 6.13. The van der Waals surface area contributed by atoms with Gasteiger partial charge in [-0.3, -0.25) is 4.79 Å². The molecule has 1 atom stereocenters. The quantitative estimate of drug-likeness (QED) is 0.852. The Balaban J connectivity index is 1.44. The van der Waals surface area contributed by atoms with Crippen molar-refractivity contribution in [2.24, 2.45) is 11.3 Å². The number of hydrogen-bond donors (Lipinski definition) is 0. The second-order valence-corrected chi connectivity index (χ2v) is 8.03. The highest BCUT2D eigenvalue weighted by molar-refractivity contribution is 5.84. The number of aryl methyl sites for hydroxylation is 1. The molecule has 3 aliphatic rings. The molecule has 0 radical (unpaired) electrons. The highest BCUT2D eigenvalue weighted by Crippen LogP contribution is 2.42. The molecule has 1 aromatic carbocycles. The van der Waals surface area contributed by atoms with E-state index in [4.69, 9.17) is 0 Å². The molecule has 1 spiro atoms. The number of carbonyl (C=O) groups is 1. The summed E-state index contributed by atoms with van der Waals surface area (Å²) >= 11 is 0. The lowest BCUT2D eigenvalue weighted by atomic mass is 9.78. The van der Waals surface area contributed by atoms with Crippen molar-refractivity contribution in [1.82, 2.24) is 9.80 Å². The van der Waals surface area contributed by atoms with Crippen LogP contribution in [0.2, 0.25) is 0 Å². The molecule has 1 unspecified atom stereocenters. The van der Waals surface area contributed by atoms with Crippen molar-refractivity contribution in [2.45, 2.75) is 45.6 Å². The summed E-state index contributed by atoms with van der Waals surface area (Å²) in [5.74, 6) is 1.34. The van der Waals surface area contributed by atoms with Gasteiger partial charge in [-0.05, 0) is 57.1 Å². The molecule has 0 bridgehead atoms. The zero-order valence-corrected chi connectivity index (χ0v) is 14.3. The van der Waals surface area contributed by atoms with E-state index in [-0.39, 0.29) is 5.41 Å². The smallest absolute Gasteiger partial charge is 0.230 e. The van der Waals surface area contributed by atoms with Crippen LogP contribution < -0.4 is 0 Å². The van der Waals surface area contributed by atoms with Gasteiger partial charge in [-0.15, -0.1) is 0 Å². The average Bonchev–Trinajstić information content (AvgIpc) is 3.25. The molecule has 0 aromatic heterocycles. The van der Waals surface area contributed by atoms with E-state index in [1.54, 1.807) is 0 Å². The molecule has 2 aliphatic heterocycles. The topological polar surface area (TPSA) is 23.6 Å². The summed E-state index contributed by atoms with van der Waals surface area (Å²) in [7, 11) is 0. The van der Waals surface area contributed by atoms with E-state index in [9.17, 15) is 4.79 Å². The first kappa shape index (κ1) is 15.2. The molecule has 1 saturated carbocycles. The van der Waals surface area contributed by atoms with Gasteiger partial charge in [0.25, 0.3) is 0 Å². The average molecular weight is 312 g/mol. The van der Waals surface area contributed by atoms with Crippen LogP contribution >= 0.6 is 0 Å². The van der Waals surface area contributed by atoms with Gasteiger partial charge in [0.05, 0.1) is 5.41 Å². The number of rotatable bonds is 4. The first-order chi connectivity index (χ1) is 11.1. The van der Waals surface area contributed by atoms with Crippen molar-refractivity contribution in [3.63, 3.8) is 0 Å². The molecule has 3 nitrogen and oxygen atoms in total. The summed E-state index contributed by atoms with van der Waals surface area (Å²) < 4.78 is 0. The fourth-order valence-electron chi connectivity index (χ4n) is 4.49. The predicted octanol–water partition coefficient (Wildman–Crippen LogP) is 3.22. The van der Waals surface area contributed by atoms with E-state index >= 15 is 0 Å². The maximum Gasteiger partial charge on any atom is 0.230 e. The Bertz CT molecular complexity index is 595. The Hall–Kier alpha value is -1.35. The molecule has 23 heavy (non-hydrogen) atoms. The summed E-state index contributed by atoms with van der Waals surface area (Å²) in [5.41, 5.74) is 2.47. The van der Waals surface area contributed by atoms with Gasteiger partial charge in [0.2, 0.25) is 5.91 Å². The van der Waals surface area contributed by atoms with Crippen LogP contribution in [0.3, 0.4) is 0 Å². The third-order valence-corrected chi connectivity index (χ3v) is 5.93. The van der Waals surface area contributed by atoms with Crippen molar-refractivity contribution in [3.8, 4) is 0 Å². The first-order valence-corrected chi connectivity index (χ1v) is 9.22. The largest absolute Gasteiger partial charge is 0.338 e. The van der Waals surface area contributed by atoms with Crippen LogP contribution in [-0.2, 0) is 11.3 Å². The first-order valence-electron chi connectivity index (χ1n) is 9.22. The molecule has 3 fully saturated rings. The Morgan fingerprint density at radius 3 is 2.87 bits per heavy atom. The van der Waals surface area contributed by atoms with E-state index in [0.717, 1.165) is 51.4 Å². The Morgan fingerprint density at radius 1 is 1.22 bits per heavy atom. The van der Waals surface area contributed by atoms with Gasteiger partial charge in [-0.1, -0.05) is 29.8 Å². The molecule has 124 valence electrons. The van der Waals surface area contributed by atoms with E-state index in [1.165, 1.54) is 30.5 Å². The van der Waals surface area contributed by atoms with Crippen molar-refractivity contribution in [3.05, 3.63) is 35.4 Å². The fraction of sp³-hybridized carbons (Fsp3) is 0.650. The minimum atomic E-state index is -0.0725. The van der Waals surface area contributed by atoms with E-state index in [1.807, 2.05) is 0 Å². The number of hydrogen-bond acceptors (Lipinski definition) is 2. The van der Waals surface area contributed by atoms with E-state index in [2.05, 4.69) is 41.0 Å². The maximum atomic E-state index is 13.2. The zero-order valence-electron chi connectivity index (χ0n) is 14.3. The van der Waals surface area contributed by atoms with Gasteiger partial charge in [0.15, 0.2) is 0 Å². The Morgan fingerprint density at radius 2 is 2.09 bits per heavy atom. The lowest BCUT2D eigenvalue weighted by molar-refractivity contribution is -0.146. The maximum absolute atomic E-state index is 13.2. The molecule has 4 rings (SSSR count). The second kappa shape index (κ2) is 5.94. The van der Waals surface area contributed by atoms with E-state index < -0.39 is 0 Å². The Kier molecular flexibility index (Phi) is 3.92. The Labute approximate surface area is 139 Å². The van der Waals surface area contributed by atoms with E-state index in [0.29, 0.717) is 5.91 Å². The lowest BCUT2D eigenvalue weighted by Gasteiger charge is -2.39. The summed E-state index contributed by atoms with van der Waals surface area (Å²) in [4.78, 5) is 17.9. The molecule has 3 heteroatoms. The monoisotopic (exact) mass is 312 g/mol. The number of piperidine rings is 1. The van der Waals surface area contributed by atoms with Crippen LogP contribution in [0, 0.1) is 18.3 Å². The van der Waals surface area contributed by atoms with Crippen molar-refractivity contribution in [1.29, 1.82) is 0 Å². The highest BCUT2D eigenvalue weighted by Gasteiger charge is 2.48. The highest BCUT2D eigenvalue weighted by atomic mass is 16.2. The molecular formula is C20H28N2O. The van der Waals surface area contributed by atoms with Crippen LogP contribution in [0.15, 0.2) is 24.3 Å². The van der Waals surface area contributed by atoms with Crippen molar-refractivity contribution in [2.75, 3.05) is 26.2 Å². The van der Waals surface area contributed by atoms with Gasteiger partial charge >= 0.3 is 0 Å². The summed E-state index contributed by atoms with van der Waals surface area (Å²) in [6.45, 7) is 7.19. The van der Waals surface area contributed by atoms with Gasteiger partial charge in [0, 0.05) is 26.2 Å². The number of carbonyl (C=O) groups excluding carboxylic acids is 1. The molecule has 1 amide bonds. The minimum Gasteiger partial charge on any atom is -0.338 e. The normalized spacial score (nSPS) is 28.7. The molecular weight excluding hydrogens is 284 g/mol. The van der Waals surface area contributed by atoms with Crippen LogP contribution in [0.25, 0.3) is 0 Å². The van der Waals surface area contributed by atoms with Crippen LogP contribution in [-0.4, -0.2) is 41.9 Å². The third-order valence-electron chi connectivity index (χ3n) is 5.93. The van der Waals surface area contributed by atoms with Crippen LogP contribution in [0.1, 0.15) is 43.2 Å². The summed E-state index contributed by atoms with van der Waals surface area (Å²) in [6, 6.07) is 8.58. The van der Waals surface area contributed by atoms with Crippen LogP contribution in [0.5, 0.6) is 0 Å². The lowest BCUT2D eigenvalue weighted by Crippen LogP contribution is -2.49. The fourth-order valence-corrected chi connectivity index (χ4v) is 4.49. The van der Waals surface area contributed by atoms with Crippen molar-refractivity contribution >= 4 is 5.91 Å². The zero-order chi connectivity index (χ0) is 15.9.